The van der Waals surface area contributed by atoms with E-state index < -0.39 is 40.2 Å². The molecule has 3 rings (SSSR count). The first-order valence-electron chi connectivity index (χ1n) is 9.06. The molecular weight excluding hydrogens is 465 g/mol. The summed E-state index contributed by atoms with van der Waals surface area (Å²) in [4.78, 5) is 19.0. The third-order valence-electron chi connectivity index (χ3n) is 4.08. The number of primary amides is 1. The number of sulfonamides is 1. The molecule has 176 valence electrons. The van der Waals surface area contributed by atoms with E-state index >= 15 is 0 Å². The van der Waals surface area contributed by atoms with Crippen molar-refractivity contribution >= 4 is 21.9 Å². The van der Waals surface area contributed by atoms with Gasteiger partial charge >= 0.3 is 12.1 Å². The maximum absolute atomic E-state index is 13.1. The van der Waals surface area contributed by atoms with Crippen molar-refractivity contribution in [3.63, 3.8) is 0 Å². The Balaban J connectivity index is 0.000000479. The number of nitrogens with zero attached hydrogens (tertiary/aromatic N) is 2. The van der Waals surface area contributed by atoms with E-state index in [2.05, 4.69) is 10.8 Å². The highest BCUT2D eigenvalue weighted by Crippen LogP contribution is 2.33. The predicted molar refractivity (Wildman–Crippen MR) is 112 cm³/mol. The molecule has 0 saturated carbocycles. The van der Waals surface area contributed by atoms with Gasteiger partial charge in [0, 0.05) is 5.56 Å². The summed E-state index contributed by atoms with van der Waals surface area (Å²) in [5, 5.41) is 16.5. The SMILES string of the molecule is Cc1ccc(-c2cc(C(F)(F)F)nn2-c2ccc(S(N)(=O)=O)cc2)cc1.NC(=O)CC(=O)O. The molecule has 2 aromatic carbocycles. The first-order chi connectivity index (χ1) is 15.2. The van der Waals surface area contributed by atoms with E-state index in [0.29, 0.717) is 5.56 Å². The fraction of sp³-hybridized carbons (Fsp3) is 0.150. The summed E-state index contributed by atoms with van der Waals surface area (Å²) in [6.07, 6.45) is -5.19. The molecule has 33 heavy (non-hydrogen) atoms. The van der Waals surface area contributed by atoms with E-state index in [0.717, 1.165) is 16.3 Å². The van der Waals surface area contributed by atoms with Crippen molar-refractivity contribution in [2.24, 2.45) is 10.9 Å². The zero-order chi connectivity index (χ0) is 25.0. The van der Waals surface area contributed by atoms with Crippen molar-refractivity contribution in [1.82, 2.24) is 9.78 Å². The molecule has 13 heteroatoms. The fourth-order valence-electron chi connectivity index (χ4n) is 2.57. The van der Waals surface area contributed by atoms with Gasteiger partial charge in [0.1, 0.15) is 6.42 Å². The second-order valence-corrected chi connectivity index (χ2v) is 8.33. The van der Waals surface area contributed by atoms with Gasteiger partial charge in [-0.1, -0.05) is 29.8 Å². The Morgan fingerprint density at radius 2 is 1.61 bits per heavy atom. The lowest BCUT2D eigenvalue weighted by atomic mass is 10.1. The molecule has 0 atom stereocenters. The molecule has 1 aromatic heterocycles. The predicted octanol–water partition coefficient (Wildman–Crippen LogP) is 2.46. The molecule has 0 unspecified atom stereocenters. The van der Waals surface area contributed by atoms with Crippen LogP contribution in [0.3, 0.4) is 0 Å². The van der Waals surface area contributed by atoms with E-state index in [-0.39, 0.29) is 16.3 Å². The van der Waals surface area contributed by atoms with E-state index in [9.17, 15) is 31.2 Å². The standard InChI is InChI=1S/C17H14F3N3O2S.C3H5NO3/c1-11-2-4-12(5-3-11)15-10-16(17(18,19)20)22-23(15)13-6-8-14(9-7-13)26(21,24)25;4-2(5)1-3(6)7/h2-10H,1H3,(H2,21,24,25);1H2,(H2,4,5)(H,6,7). The van der Waals surface area contributed by atoms with E-state index in [1.165, 1.54) is 24.3 Å². The molecule has 0 bridgehead atoms. The van der Waals surface area contributed by atoms with Crippen molar-refractivity contribution < 1.29 is 36.3 Å². The summed E-state index contributed by atoms with van der Waals surface area (Å²) in [6.45, 7) is 1.87. The third-order valence-corrected chi connectivity index (χ3v) is 5.01. The van der Waals surface area contributed by atoms with Crippen LogP contribution >= 0.6 is 0 Å². The number of alkyl halides is 3. The van der Waals surface area contributed by atoms with Crippen molar-refractivity contribution in [2.75, 3.05) is 0 Å². The Labute approximate surface area is 186 Å². The van der Waals surface area contributed by atoms with Gasteiger partial charge in [-0.05, 0) is 37.3 Å². The van der Waals surface area contributed by atoms with E-state index in [4.69, 9.17) is 10.2 Å². The zero-order valence-electron chi connectivity index (χ0n) is 17.1. The van der Waals surface area contributed by atoms with Gasteiger partial charge in [-0.2, -0.15) is 18.3 Å². The van der Waals surface area contributed by atoms with Crippen LogP contribution in [0.2, 0.25) is 0 Å². The smallest absolute Gasteiger partial charge is 0.435 e. The minimum atomic E-state index is -4.61. The lowest BCUT2D eigenvalue weighted by molar-refractivity contribution is -0.142. The molecule has 5 N–H and O–H groups in total. The van der Waals surface area contributed by atoms with E-state index in [1.54, 1.807) is 24.3 Å². The number of aromatic nitrogens is 2. The molecule has 1 amide bonds. The van der Waals surface area contributed by atoms with Gasteiger partial charge in [0.15, 0.2) is 5.69 Å². The molecule has 0 fully saturated rings. The average molecular weight is 484 g/mol. The summed E-state index contributed by atoms with van der Waals surface area (Å²) in [6, 6.07) is 13.1. The van der Waals surface area contributed by atoms with Gasteiger partial charge in [-0.15, -0.1) is 0 Å². The van der Waals surface area contributed by atoms with Crippen LogP contribution in [0.1, 0.15) is 17.7 Å². The largest absolute Gasteiger partial charge is 0.481 e. The first-order valence-corrected chi connectivity index (χ1v) is 10.6. The highest BCUT2D eigenvalue weighted by atomic mass is 32.2. The van der Waals surface area contributed by atoms with Gasteiger partial charge in [0.25, 0.3) is 0 Å². The maximum atomic E-state index is 13.1. The number of aryl methyl sites for hydroxylation is 1. The van der Waals surface area contributed by atoms with Gasteiger partial charge in [-0.3, -0.25) is 9.59 Å². The molecule has 0 aliphatic heterocycles. The molecule has 0 spiro atoms. The molecule has 9 nitrogen and oxygen atoms in total. The highest BCUT2D eigenvalue weighted by Gasteiger charge is 2.35. The van der Waals surface area contributed by atoms with Crippen LogP contribution in [0.25, 0.3) is 16.9 Å². The number of hydrogen-bond donors (Lipinski definition) is 3. The number of carboxylic acid groups (broad SMARTS) is 1. The monoisotopic (exact) mass is 484 g/mol. The van der Waals surface area contributed by atoms with Crippen LogP contribution in [-0.2, 0) is 25.8 Å². The number of benzene rings is 2. The number of carbonyl (C=O) groups excluding carboxylic acids is 1. The van der Waals surface area contributed by atoms with Gasteiger partial charge in [-0.25, -0.2) is 18.2 Å². The lowest BCUT2D eigenvalue weighted by Crippen LogP contribution is -2.15. The average Bonchev–Trinajstić information content (AvgIpc) is 3.13. The number of primary sulfonamides is 1. The van der Waals surface area contributed by atoms with Crippen LogP contribution < -0.4 is 10.9 Å². The van der Waals surface area contributed by atoms with Crippen molar-refractivity contribution in [3.8, 4) is 16.9 Å². The van der Waals surface area contributed by atoms with Gasteiger partial charge in [0.05, 0.1) is 16.3 Å². The van der Waals surface area contributed by atoms with Crippen molar-refractivity contribution in [3.05, 3.63) is 65.9 Å². The summed E-state index contributed by atoms with van der Waals surface area (Å²) in [5.74, 6) is -2.00. The zero-order valence-corrected chi connectivity index (χ0v) is 17.9. The summed E-state index contributed by atoms with van der Waals surface area (Å²) >= 11 is 0. The molecule has 0 aliphatic rings. The van der Waals surface area contributed by atoms with Crippen LogP contribution in [0.5, 0.6) is 0 Å². The number of halogens is 3. The Morgan fingerprint density at radius 1 is 1.06 bits per heavy atom. The van der Waals surface area contributed by atoms with Crippen molar-refractivity contribution in [1.29, 1.82) is 0 Å². The molecule has 0 saturated heterocycles. The minimum Gasteiger partial charge on any atom is -0.481 e. The number of aliphatic carboxylic acids is 1. The van der Waals surface area contributed by atoms with Crippen LogP contribution in [-0.4, -0.2) is 35.2 Å². The topological polar surface area (TPSA) is 158 Å². The summed E-state index contributed by atoms with van der Waals surface area (Å²) in [7, 11) is -3.90. The quantitative estimate of drug-likeness (QED) is 0.472. The van der Waals surface area contributed by atoms with Crippen LogP contribution in [0, 0.1) is 6.92 Å². The molecule has 0 aliphatic carbocycles. The van der Waals surface area contributed by atoms with Gasteiger partial charge < -0.3 is 10.8 Å². The number of carboxylic acids is 1. The number of carbonyl (C=O) groups is 2. The van der Waals surface area contributed by atoms with Gasteiger partial charge in [0.2, 0.25) is 15.9 Å². The number of hydrogen-bond acceptors (Lipinski definition) is 5. The Bertz CT molecular complexity index is 1240. The minimum absolute atomic E-state index is 0.138. The molecule has 1 heterocycles. The summed E-state index contributed by atoms with van der Waals surface area (Å²) < 4.78 is 63.2. The van der Waals surface area contributed by atoms with Crippen LogP contribution in [0.15, 0.2) is 59.5 Å². The first kappa shape index (κ1) is 25.5. The number of rotatable bonds is 5. The normalized spacial score (nSPS) is 11.4. The number of nitrogens with two attached hydrogens (primary N) is 2. The number of amides is 1. The highest BCUT2D eigenvalue weighted by molar-refractivity contribution is 7.89. The van der Waals surface area contributed by atoms with Crippen LogP contribution in [0.4, 0.5) is 13.2 Å². The Hall–Kier alpha value is -3.71. The lowest BCUT2D eigenvalue weighted by Gasteiger charge is -2.09. The third kappa shape index (κ3) is 7.15. The van der Waals surface area contributed by atoms with E-state index in [1.807, 2.05) is 6.92 Å². The van der Waals surface area contributed by atoms with Crippen molar-refractivity contribution in [2.45, 2.75) is 24.4 Å². The second kappa shape index (κ2) is 9.83. The summed E-state index contributed by atoms with van der Waals surface area (Å²) in [5.41, 5.74) is 5.47. The molecule has 0 radical (unpaired) electrons. The maximum Gasteiger partial charge on any atom is 0.435 e. The Kier molecular flexibility index (Phi) is 7.61. The molecule has 3 aromatic rings. The fourth-order valence-corrected chi connectivity index (χ4v) is 3.09. The second-order valence-electron chi connectivity index (χ2n) is 6.77. The molecular formula is C20H19F3N4O5S. The Morgan fingerprint density at radius 3 is 2.00 bits per heavy atom.